The van der Waals surface area contributed by atoms with Crippen molar-refractivity contribution in [3.05, 3.63) is 50.7 Å². The van der Waals surface area contributed by atoms with Crippen LogP contribution in [0.15, 0.2) is 39.0 Å². The fourth-order valence-electron chi connectivity index (χ4n) is 3.17. The second-order valence-electron chi connectivity index (χ2n) is 6.92. The molecule has 3 aromatic rings. The third-order valence-electron chi connectivity index (χ3n) is 4.80. The molecule has 0 bridgehead atoms. The number of unbranched alkanes of at least 4 members (excludes halogenated alkanes) is 4. The van der Waals surface area contributed by atoms with E-state index in [4.69, 9.17) is 0 Å². The lowest BCUT2D eigenvalue weighted by Gasteiger charge is -2.08. The zero-order chi connectivity index (χ0) is 20.8. The minimum Gasteiger partial charge on any atom is -0.507 e. The molecule has 0 aliphatic heterocycles. The normalized spacial score (nSPS) is 11.5. The monoisotopic (exact) mass is 398 g/mol. The number of aromatic amines is 1. The number of H-pyrrole nitrogens is 1. The molecule has 29 heavy (non-hydrogen) atoms. The first-order chi connectivity index (χ1) is 14.0. The number of aryl methyl sites for hydroxylation is 2. The Morgan fingerprint density at radius 1 is 1.21 bits per heavy atom. The van der Waals surface area contributed by atoms with Gasteiger partial charge in [0, 0.05) is 19.2 Å². The number of anilines is 1. The van der Waals surface area contributed by atoms with E-state index in [1.165, 1.54) is 17.2 Å². The van der Waals surface area contributed by atoms with Gasteiger partial charge in [-0.3, -0.25) is 14.3 Å². The van der Waals surface area contributed by atoms with Gasteiger partial charge in [-0.2, -0.15) is 10.1 Å². The number of fused-ring (bicyclic) bond motifs is 1. The van der Waals surface area contributed by atoms with E-state index in [1.54, 1.807) is 35.9 Å². The van der Waals surface area contributed by atoms with Crippen LogP contribution in [0.2, 0.25) is 0 Å². The molecule has 0 fully saturated rings. The van der Waals surface area contributed by atoms with Crippen LogP contribution in [0, 0.1) is 0 Å². The van der Waals surface area contributed by atoms with Gasteiger partial charge in [0.05, 0.1) is 6.21 Å². The van der Waals surface area contributed by atoms with Crippen molar-refractivity contribution in [1.82, 2.24) is 19.1 Å². The lowest BCUT2D eigenvalue weighted by molar-refractivity contribution is 0.474. The average Bonchev–Trinajstić information content (AvgIpc) is 3.07. The maximum absolute atomic E-state index is 12.4. The summed E-state index contributed by atoms with van der Waals surface area (Å²) in [5.74, 6) is 0.482. The second-order valence-corrected chi connectivity index (χ2v) is 6.92. The number of aromatic nitrogens is 4. The number of aromatic hydroxyl groups is 1. The minimum absolute atomic E-state index is 0.112. The van der Waals surface area contributed by atoms with Crippen LogP contribution < -0.4 is 16.7 Å². The largest absolute Gasteiger partial charge is 0.507 e. The summed E-state index contributed by atoms with van der Waals surface area (Å²) in [7, 11) is 1.56. The van der Waals surface area contributed by atoms with E-state index in [-0.39, 0.29) is 5.75 Å². The number of nitrogens with one attached hydrogen (secondary N) is 2. The number of imidazole rings is 1. The van der Waals surface area contributed by atoms with Gasteiger partial charge >= 0.3 is 5.69 Å². The first-order valence-electron chi connectivity index (χ1n) is 9.79. The lowest BCUT2D eigenvalue weighted by Crippen LogP contribution is -2.29. The number of benzene rings is 1. The van der Waals surface area contributed by atoms with Crippen molar-refractivity contribution in [2.24, 2.45) is 12.1 Å². The summed E-state index contributed by atoms with van der Waals surface area (Å²) in [4.78, 5) is 31.1. The average molecular weight is 398 g/mol. The molecule has 0 saturated heterocycles. The molecule has 1 aromatic carbocycles. The number of phenolic OH excluding ortho intramolecular Hbond substituents is 1. The third kappa shape index (κ3) is 4.56. The molecule has 0 saturated carbocycles. The highest BCUT2D eigenvalue weighted by atomic mass is 16.3. The lowest BCUT2D eigenvalue weighted by atomic mass is 10.1. The van der Waals surface area contributed by atoms with Gasteiger partial charge in [-0.05, 0) is 18.6 Å². The molecule has 9 nitrogen and oxygen atoms in total. The van der Waals surface area contributed by atoms with Gasteiger partial charge in [-0.1, -0.05) is 44.7 Å². The van der Waals surface area contributed by atoms with Gasteiger partial charge in [0.2, 0.25) is 5.95 Å². The minimum atomic E-state index is -0.514. The van der Waals surface area contributed by atoms with Crippen molar-refractivity contribution in [3.8, 4) is 5.75 Å². The summed E-state index contributed by atoms with van der Waals surface area (Å²) >= 11 is 0. The highest BCUT2D eigenvalue weighted by Gasteiger charge is 2.16. The number of hydrogen-bond donors (Lipinski definition) is 3. The molecule has 0 amide bonds. The smallest absolute Gasteiger partial charge is 0.329 e. The van der Waals surface area contributed by atoms with Gasteiger partial charge in [0.15, 0.2) is 11.2 Å². The first kappa shape index (κ1) is 20.4. The molecule has 2 aromatic heterocycles. The van der Waals surface area contributed by atoms with Crippen molar-refractivity contribution in [3.63, 3.8) is 0 Å². The molecule has 0 unspecified atom stereocenters. The summed E-state index contributed by atoms with van der Waals surface area (Å²) in [6.45, 7) is 2.74. The Hall–Kier alpha value is -3.36. The molecule has 0 aliphatic carbocycles. The zero-order valence-electron chi connectivity index (χ0n) is 16.7. The number of hydrogen-bond acceptors (Lipinski definition) is 6. The number of hydrazone groups is 1. The van der Waals surface area contributed by atoms with E-state index in [2.05, 4.69) is 27.4 Å². The molecule has 9 heteroatoms. The summed E-state index contributed by atoms with van der Waals surface area (Å²) in [5, 5.41) is 14.0. The van der Waals surface area contributed by atoms with Crippen LogP contribution in [0.25, 0.3) is 11.2 Å². The highest BCUT2D eigenvalue weighted by Crippen LogP contribution is 2.18. The Morgan fingerprint density at radius 2 is 1.97 bits per heavy atom. The molecule has 0 radical (unpaired) electrons. The number of nitrogens with zero attached hydrogens (tertiary/aromatic N) is 4. The quantitative estimate of drug-likeness (QED) is 0.291. The Balaban J connectivity index is 1.92. The van der Waals surface area contributed by atoms with Gasteiger partial charge < -0.3 is 9.67 Å². The summed E-state index contributed by atoms with van der Waals surface area (Å²) in [6.07, 6.45) is 6.86. The highest BCUT2D eigenvalue weighted by molar-refractivity contribution is 5.83. The first-order valence-corrected chi connectivity index (χ1v) is 9.79. The summed E-state index contributed by atoms with van der Waals surface area (Å²) < 4.78 is 3.06. The maximum atomic E-state index is 12.4. The van der Waals surface area contributed by atoms with E-state index in [1.807, 2.05) is 0 Å². The van der Waals surface area contributed by atoms with E-state index in [0.717, 1.165) is 25.7 Å². The van der Waals surface area contributed by atoms with Crippen molar-refractivity contribution < 1.29 is 5.11 Å². The van der Waals surface area contributed by atoms with Crippen LogP contribution in [0.3, 0.4) is 0 Å². The third-order valence-corrected chi connectivity index (χ3v) is 4.80. The Labute approximate surface area is 167 Å². The molecular weight excluding hydrogens is 372 g/mol. The van der Waals surface area contributed by atoms with Crippen LogP contribution in [0.1, 0.15) is 44.6 Å². The van der Waals surface area contributed by atoms with Crippen LogP contribution in [-0.4, -0.2) is 30.4 Å². The molecule has 154 valence electrons. The fourth-order valence-corrected chi connectivity index (χ4v) is 3.17. The number of rotatable bonds is 9. The fraction of sp³-hybridized carbons (Fsp3) is 0.400. The van der Waals surface area contributed by atoms with E-state index < -0.39 is 11.2 Å². The van der Waals surface area contributed by atoms with E-state index >= 15 is 0 Å². The van der Waals surface area contributed by atoms with Gasteiger partial charge in [-0.25, -0.2) is 10.2 Å². The van der Waals surface area contributed by atoms with Crippen molar-refractivity contribution in [2.75, 3.05) is 5.43 Å². The topological polar surface area (TPSA) is 117 Å². The SMILES string of the molecule is CCCCCCCn1c(N/N=C\c2ccccc2O)nc2c1c(=O)[nH]c(=O)n2C. The molecule has 0 aliphatic rings. The maximum Gasteiger partial charge on any atom is 0.329 e. The Kier molecular flexibility index (Phi) is 6.48. The summed E-state index contributed by atoms with van der Waals surface area (Å²) in [5.41, 5.74) is 3.04. The standard InChI is InChI=1S/C20H26N6O3/c1-3-4-5-6-9-12-26-16-17(25(2)20(29)23-18(16)28)22-19(26)24-21-13-14-10-7-8-11-15(14)27/h7-8,10-11,13,27H,3-6,9,12H2,1-2H3,(H,22,24)(H,23,28,29)/b21-13-. The molecule has 0 atom stereocenters. The van der Waals surface area contributed by atoms with Crippen LogP contribution in [-0.2, 0) is 13.6 Å². The molecule has 3 N–H and O–H groups in total. The molecular formula is C20H26N6O3. The Bertz CT molecular complexity index is 1130. The Morgan fingerprint density at radius 3 is 2.72 bits per heavy atom. The van der Waals surface area contributed by atoms with Gasteiger partial charge in [-0.15, -0.1) is 0 Å². The van der Waals surface area contributed by atoms with Crippen molar-refractivity contribution >= 4 is 23.3 Å². The van der Waals surface area contributed by atoms with Crippen LogP contribution >= 0.6 is 0 Å². The number of phenols is 1. The predicted molar refractivity (Wildman–Crippen MR) is 114 cm³/mol. The number of para-hydroxylation sites is 1. The zero-order valence-corrected chi connectivity index (χ0v) is 16.7. The van der Waals surface area contributed by atoms with Gasteiger partial charge in [0.25, 0.3) is 5.56 Å². The van der Waals surface area contributed by atoms with Gasteiger partial charge in [0.1, 0.15) is 5.75 Å². The molecule has 0 spiro atoms. The van der Waals surface area contributed by atoms with E-state index in [9.17, 15) is 14.7 Å². The van der Waals surface area contributed by atoms with Crippen LogP contribution in [0.5, 0.6) is 5.75 Å². The van der Waals surface area contributed by atoms with Crippen LogP contribution in [0.4, 0.5) is 5.95 Å². The molecule has 3 rings (SSSR count). The van der Waals surface area contributed by atoms with Crippen molar-refractivity contribution in [1.29, 1.82) is 0 Å². The van der Waals surface area contributed by atoms with E-state index in [0.29, 0.717) is 29.2 Å². The summed E-state index contributed by atoms with van der Waals surface area (Å²) in [6, 6.07) is 6.82. The van der Waals surface area contributed by atoms with Crippen molar-refractivity contribution in [2.45, 2.75) is 45.6 Å². The second kappa shape index (κ2) is 9.22. The predicted octanol–water partition coefficient (Wildman–Crippen LogP) is 2.55. The molecule has 2 heterocycles.